The van der Waals surface area contributed by atoms with E-state index >= 15 is 0 Å². The predicted molar refractivity (Wildman–Crippen MR) is 144 cm³/mol. The Labute approximate surface area is 227 Å². The summed E-state index contributed by atoms with van der Waals surface area (Å²) in [6, 6.07) is 3.83. The number of nitrogens with zero attached hydrogens (tertiary/aromatic N) is 6. The molecule has 1 aromatic carbocycles. The molecule has 208 valence electrons. The highest BCUT2D eigenvalue weighted by molar-refractivity contribution is 5.79. The molecule has 1 fully saturated rings. The van der Waals surface area contributed by atoms with Crippen molar-refractivity contribution in [2.45, 2.75) is 70.9 Å². The maximum absolute atomic E-state index is 14.5. The van der Waals surface area contributed by atoms with Gasteiger partial charge in [-0.15, -0.1) is 0 Å². The maximum Gasteiger partial charge on any atom is 0.264 e. The van der Waals surface area contributed by atoms with Gasteiger partial charge in [0.05, 0.1) is 18.8 Å². The number of hydrogen-bond acceptors (Lipinski definition) is 5. The van der Waals surface area contributed by atoms with Crippen LogP contribution in [0.15, 0.2) is 24.5 Å². The van der Waals surface area contributed by atoms with Crippen LogP contribution in [0.3, 0.4) is 0 Å². The van der Waals surface area contributed by atoms with Crippen LogP contribution in [0.25, 0.3) is 11.1 Å². The highest BCUT2D eigenvalue weighted by Gasteiger charge is 2.35. The standard InChI is InChI=1S/C29H36F2N6O2/c1-4-27(38)35-9-6-25-24(17-35)29(33-37(25)20-7-11-39-12-8-20)36-10-5-18(2)21-13-22(19-15-32-34(3)16-19)23(28(30)31)14-26(21)36/h13-16,18,20,28H,4-12,17H2,1-3H3. The van der Waals surface area contributed by atoms with Crippen LogP contribution in [-0.2, 0) is 29.5 Å². The molecule has 0 saturated carbocycles. The van der Waals surface area contributed by atoms with E-state index < -0.39 is 6.43 Å². The Hall–Kier alpha value is -3.27. The quantitative estimate of drug-likeness (QED) is 0.428. The summed E-state index contributed by atoms with van der Waals surface area (Å²) < 4.78 is 38.4. The number of benzene rings is 1. The highest BCUT2D eigenvalue weighted by Crippen LogP contribution is 2.46. The van der Waals surface area contributed by atoms with Gasteiger partial charge >= 0.3 is 0 Å². The van der Waals surface area contributed by atoms with Crippen molar-refractivity contribution in [3.63, 3.8) is 0 Å². The summed E-state index contributed by atoms with van der Waals surface area (Å²) in [5.74, 6) is 1.14. The molecular weight excluding hydrogens is 502 g/mol. The van der Waals surface area contributed by atoms with Crippen molar-refractivity contribution in [2.75, 3.05) is 31.2 Å². The normalized spacial score (nSPS) is 19.9. The van der Waals surface area contributed by atoms with Crippen molar-refractivity contribution in [1.29, 1.82) is 0 Å². The second kappa shape index (κ2) is 10.4. The summed E-state index contributed by atoms with van der Waals surface area (Å²) in [5, 5.41) is 9.41. The molecule has 0 radical (unpaired) electrons. The molecular formula is C29H36F2N6O2. The van der Waals surface area contributed by atoms with Gasteiger partial charge in [0.2, 0.25) is 5.91 Å². The number of aryl methyl sites for hydroxylation is 1. The number of fused-ring (bicyclic) bond motifs is 2. The summed E-state index contributed by atoms with van der Waals surface area (Å²) in [6.07, 6.45) is 4.66. The van der Waals surface area contributed by atoms with E-state index in [0.717, 1.165) is 48.3 Å². The molecule has 0 N–H and O–H groups in total. The predicted octanol–water partition coefficient (Wildman–Crippen LogP) is 5.51. The molecule has 8 nitrogen and oxygen atoms in total. The average Bonchev–Trinajstić information content (AvgIpc) is 3.56. The van der Waals surface area contributed by atoms with Crippen molar-refractivity contribution in [1.82, 2.24) is 24.5 Å². The van der Waals surface area contributed by atoms with Gasteiger partial charge in [-0.05, 0) is 48.4 Å². The second-order valence-electron chi connectivity index (χ2n) is 11.0. The van der Waals surface area contributed by atoms with Gasteiger partial charge in [-0.2, -0.15) is 10.2 Å². The molecule has 2 aromatic heterocycles. The monoisotopic (exact) mass is 538 g/mol. The lowest BCUT2D eigenvalue weighted by Gasteiger charge is -2.36. The molecule has 39 heavy (non-hydrogen) atoms. The Morgan fingerprint density at radius 1 is 1.18 bits per heavy atom. The number of amides is 1. The van der Waals surface area contributed by atoms with Crippen molar-refractivity contribution < 1.29 is 18.3 Å². The summed E-state index contributed by atoms with van der Waals surface area (Å²) >= 11 is 0. The summed E-state index contributed by atoms with van der Waals surface area (Å²) in [6.45, 7) is 7.30. The smallest absolute Gasteiger partial charge is 0.264 e. The summed E-state index contributed by atoms with van der Waals surface area (Å²) in [7, 11) is 1.79. The molecule has 1 unspecified atom stereocenters. The van der Waals surface area contributed by atoms with Gasteiger partial charge in [0.15, 0.2) is 5.82 Å². The lowest BCUT2D eigenvalue weighted by atomic mass is 9.87. The third-order valence-corrected chi connectivity index (χ3v) is 8.57. The summed E-state index contributed by atoms with van der Waals surface area (Å²) in [4.78, 5) is 16.7. The van der Waals surface area contributed by atoms with Crippen LogP contribution >= 0.6 is 0 Å². The van der Waals surface area contributed by atoms with E-state index in [1.807, 2.05) is 17.9 Å². The molecule has 5 heterocycles. The van der Waals surface area contributed by atoms with Crippen molar-refractivity contribution in [3.05, 3.63) is 46.9 Å². The number of carbonyl (C=O) groups excluding carboxylic acids is 1. The fourth-order valence-electron chi connectivity index (χ4n) is 6.37. The topological polar surface area (TPSA) is 68.4 Å². The minimum absolute atomic E-state index is 0.00127. The Morgan fingerprint density at radius 2 is 1.97 bits per heavy atom. The van der Waals surface area contributed by atoms with Gasteiger partial charge in [0.25, 0.3) is 6.43 Å². The number of carbonyl (C=O) groups is 1. The van der Waals surface area contributed by atoms with Crippen molar-refractivity contribution in [3.8, 4) is 11.1 Å². The van der Waals surface area contributed by atoms with E-state index in [1.54, 1.807) is 30.2 Å². The fourth-order valence-corrected chi connectivity index (χ4v) is 6.37. The van der Waals surface area contributed by atoms with Crippen molar-refractivity contribution >= 4 is 17.4 Å². The van der Waals surface area contributed by atoms with Gasteiger partial charge in [-0.1, -0.05) is 13.8 Å². The lowest BCUT2D eigenvalue weighted by Crippen LogP contribution is -2.37. The molecule has 1 saturated heterocycles. The molecule has 3 aromatic rings. The molecule has 1 amide bonds. The number of ether oxygens (including phenoxy) is 1. The molecule has 1 atom stereocenters. The number of alkyl halides is 2. The van der Waals surface area contributed by atoms with E-state index in [4.69, 9.17) is 9.84 Å². The SMILES string of the molecule is CCC(=O)N1CCc2c(c(N3CCC(C)c4cc(-c5cnn(C)c5)c(C(F)F)cc43)nn2C2CCOCC2)C1. The van der Waals surface area contributed by atoms with Gasteiger partial charge in [-0.25, -0.2) is 8.78 Å². The van der Waals surface area contributed by atoms with E-state index in [9.17, 15) is 13.6 Å². The van der Waals surface area contributed by atoms with Crippen LogP contribution in [-0.4, -0.2) is 56.7 Å². The van der Waals surface area contributed by atoms with Crippen molar-refractivity contribution in [2.24, 2.45) is 7.05 Å². The van der Waals surface area contributed by atoms with E-state index in [-0.39, 0.29) is 23.4 Å². The van der Waals surface area contributed by atoms with Gasteiger partial charge in [0, 0.05) is 80.5 Å². The third kappa shape index (κ3) is 4.62. The van der Waals surface area contributed by atoms with Crippen LogP contribution in [0.4, 0.5) is 20.3 Å². The fraction of sp³-hybridized carbons (Fsp3) is 0.552. The molecule has 3 aliphatic heterocycles. The minimum Gasteiger partial charge on any atom is -0.381 e. The molecule has 0 spiro atoms. The molecule has 3 aliphatic rings. The second-order valence-corrected chi connectivity index (χ2v) is 11.0. The largest absolute Gasteiger partial charge is 0.381 e. The Morgan fingerprint density at radius 3 is 2.67 bits per heavy atom. The van der Waals surface area contributed by atoms with Crippen LogP contribution in [0.1, 0.15) is 80.3 Å². The first-order chi connectivity index (χ1) is 18.9. The molecule has 6 rings (SSSR count). The van der Waals surface area contributed by atoms with Crippen LogP contribution < -0.4 is 4.90 Å². The number of halogens is 2. The maximum atomic E-state index is 14.5. The van der Waals surface area contributed by atoms with E-state index in [2.05, 4.69) is 21.6 Å². The first-order valence-corrected chi connectivity index (χ1v) is 14.0. The van der Waals surface area contributed by atoms with Gasteiger partial charge < -0.3 is 14.5 Å². The van der Waals surface area contributed by atoms with E-state index in [0.29, 0.717) is 50.4 Å². The first kappa shape index (κ1) is 26.0. The minimum atomic E-state index is -2.63. The number of hydrogen-bond donors (Lipinski definition) is 0. The average molecular weight is 539 g/mol. The van der Waals surface area contributed by atoms with E-state index in [1.165, 1.54) is 5.69 Å². The Balaban J connectivity index is 1.49. The summed E-state index contributed by atoms with van der Waals surface area (Å²) in [5.41, 5.74) is 5.26. The molecule has 10 heteroatoms. The zero-order valence-corrected chi connectivity index (χ0v) is 22.9. The number of aromatic nitrogens is 4. The lowest BCUT2D eigenvalue weighted by molar-refractivity contribution is -0.131. The number of rotatable bonds is 5. The van der Waals surface area contributed by atoms with Crippen LogP contribution in [0, 0.1) is 0 Å². The van der Waals surface area contributed by atoms with Crippen LogP contribution in [0.5, 0.6) is 0 Å². The third-order valence-electron chi connectivity index (χ3n) is 8.57. The van der Waals surface area contributed by atoms with Gasteiger partial charge in [-0.3, -0.25) is 14.2 Å². The molecule has 0 aliphatic carbocycles. The highest BCUT2D eigenvalue weighted by atomic mass is 19.3. The Kier molecular flexibility index (Phi) is 6.91. The van der Waals surface area contributed by atoms with Gasteiger partial charge in [0.1, 0.15) is 0 Å². The Bertz CT molecular complexity index is 1380. The zero-order valence-electron chi connectivity index (χ0n) is 22.9. The number of anilines is 2. The van der Waals surface area contributed by atoms with Crippen LogP contribution in [0.2, 0.25) is 0 Å². The first-order valence-electron chi connectivity index (χ1n) is 14.0. The molecule has 0 bridgehead atoms. The zero-order chi connectivity index (χ0) is 27.3.